The third-order valence-electron chi connectivity index (χ3n) is 3.41. The van der Waals surface area contributed by atoms with Crippen LogP contribution in [-0.4, -0.2) is 27.4 Å². The molecule has 1 heterocycles. The van der Waals surface area contributed by atoms with Crippen molar-refractivity contribution in [1.29, 1.82) is 0 Å². The fraction of sp³-hybridized carbons (Fsp3) is 0.750. The minimum Gasteiger partial charge on any atom is -0.349 e. The summed E-state index contributed by atoms with van der Waals surface area (Å²) in [5.41, 5.74) is 6.02. The van der Waals surface area contributed by atoms with Gasteiger partial charge in [-0.1, -0.05) is 30.9 Å². The number of rotatable bonds is 4. The summed E-state index contributed by atoms with van der Waals surface area (Å²) < 4.78 is 1.95. The minimum absolute atomic E-state index is 0.0107. The van der Waals surface area contributed by atoms with Crippen LogP contribution in [0, 0.1) is 0 Å². The first-order valence-corrected chi connectivity index (χ1v) is 6.67. The third-order valence-corrected chi connectivity index (χ3v) is 3.41. The van der Waals surface area contributed by atoms with Crippen molar-refractivity contribution < 1.29 is 4.79 Å². The maximum Gasteiger partial charge on any atom is 0.234 e. The van der Waals surface area contributed by atoms with Crippen LogP contribution >= 0.6 is 0 Å². The summed E-state index contributed by atoms with van der Waals surface area (Å²) in [5.74, 6) is -0.168. The predicted octanol–water partition coefficient (Wildman–Crippen LogP) is 0.748. The highest BCUT2D eigenvalue weighted by Gasteiger charge is 2.15. The molecule has 3 N–H and O–H groups in total. The maximum absolute atomic E-state index is 11.0. The van der Waals surface area contributed by atoms with E-state index in [0.29, 0.717) is 12.6 Å². The monoisotopic (exact) mass is 251 g/mol. The number of carbonyl (C=O) groups excluding carboxylic acids is 1. The molecule has 1 amide bonds. The Morgan fingerprint density at radius 1 is 1.39 bits per heavy atom. The van der Waals surface area contributed by atoms with Crippen LogP contribution in [0.5, 0.6) is 0 Å². The van der Waals surface area contributed by atoms with E-state index in [-0.39, 0.29) is 12.5 Å². The summed E-state index contributed by atoms with van der Waals surface area (Å²) in [4.78, 5) is 11.0. The lowest BCUT2D eigenvalue weighted by atomic mass is 10.1. The van der Waals surface area contributed by atoms with E-state index in [4.69, 9.17) is 5.73 Å². The van der Waals surface area contributed by atoms with Crippen molar-refractivity contribution in [2.24, 2.45) is 5.73 Å². The lowest BCUT2D eigenvalue weighted by molar-refractivity contribution is -0.119. The standard InChI is InChI=1S/C12H21N5O/c13-7-12(18)14-8-10-9-17(16-15-10)11-5-3-1-2-4-6-11/h9,11H,1-8,13H2,(H,14,18). The van der Waals surface area contributed by atoms with Gasteiger partial charge in [0.05, 0.1) is 25.3 Å². The van der Waals surface area contributed by atoms with Gasteiger partial charge in [0.1, 0.15) is 5.69 Å². The van der Waals surface area contributed by atoms with Crippen molar-refractivity contribution in [2.45, 2.75) is 51.1 Å². The fourth-order valence-corrected chi connectivity index (χ4v) is 2.36. The zero-order chi connectivity index (χ0) is 12.8. The molecular weight excluding hydrogens is 230 g/mol. The number of aromatic nitrogens is 3. The van der Waals surface area contributed by atoms with Gasteiger partial charge in [0, 0.05) is 0 Å². The van der Waals surface area contributed by atoms with Crippen molar-refractivity contribution in [2.75, 3.05) is 6.54 Å². The molecule has 1 aliphatic carbocycles. The molecule has 0 saturated heterocycles. The molecule has 0 aliphatic heterocycles. The second kappa shape index (κ2) is 6.49. The number of amides is 1. The molecule has 0 atom stereocenters. The Labute approximate surface area is 107 Å². The highest BCUT2D eigenvalue weighted by atomic mass is 16.1. The van der Waals surface area contributed by atoms with Crippen LogP contribution in [0.25, 0.3) is 0 Å². The molecule has 6 heteroatoms. The summed E-state index contributed by atoms with van der Waals surface area (Å²) in [6.45, 7) is 0.416. The summed E-state index contributed by atoms with van der Waals surface area (Å²) in [7, 11) is 0. The van der Waals surface area contributed by atoms with Gasteiger partial charge >= 0.3 is 0 Å². The largest absolute Gasteiger partial charge is 0.349 e. The molecule has 1 aromatic rings. The Morgan fingerprint density at radius 3 is 2.78 bits per heavy atom. The number of hydrogen-bond donors (Lipinski definition) is 2. The normalized spacial score (nSPS) is 17.4. The van der Waals surface area contributed by atoms with Gasteiger partial charge in [-0.15, -0.1) is 5.10 Å². The molecule has 1 saturated carbocycles. The second-order valence-electron chi connectivity index (χ2n) is 4.82. The van der Waals surface area contributed by atoms with Crippen LogP contribution in [0.4, 0.5) is 0 Å². The number of hydrogen-bond acceptors (Lipinski definition) is 4. The van der Waals surface area contributed by atoms with Crippen molar-refractivity contribution in [1.82, 2.24) is 20.3 Å². The highest BCUT2D eigenvalue weighted by Crippen LogP contribution is 2.26. The van der Waals surface area contributed by atoms with Crippen LogP contribution in [0.1, 0.15) is 50.3 Å². The number of nitrogens with zero attached hydrogens (tertiary/aromatic N) is 3. The van der Waals surface area contributed by atoms with Gasteiger partial charge in [-0.3, -0.25) is 4.79 Å². The minimum atomic E-state index is -0.168. The van der Waals surface area contributed by atoms with Crippen molar-refractivity contribution in [3.05, 3.63) is 11.9 Å². The summed E-state index contributed by atoms with van der Waals surface area (Å²) in [6.07, 6.45) is 9.48. The lowest BCUT2D eigenvalue weighted by Crippen LogP contribution is -2.29. The van der Waals surface area contributed by atoms with E-state index in [0.717, 1.165) is 5.69 Å². The van der Waals surface area contributed by atoms with Gasteiger partial charge in [0.15, 0.2) is 0 Å². The molecule has 1 fully saturated rings. The van der Waals surface area contributed by atoms with Crippen LogP contribution < -0.4 is 11.1 Å². The average molecular weight is 251 g/mol. The molecular formula is C12H21N5O. The summed E-state index contributed by atoms with van der Waals surface area (Å²) in [6, 6.07) is 0.471. The van der Waals surface area contributed by atoms with Gasteiger partial charge in [-0.25, -0.2) is 4.68 Å². The van der Waals surface area contributed by atoms with Crippen LogP contribution in [0.15, 0.2) is 6.20 Å². The summed E-state index contributed by atoms with van der Waals surface area (Å²) >= 11 is 0. The van der Waals surface area contributed by atoms with Crippen LogP contribution in [0.2, 0.25) is 0 Å². The van der Waals surface area contributed by atoms with Gasteiger partial charge < -0.3 is 11.1 Å². The maximum atomic E-state index is 11.0. The molecule has 2 rings (SSSR count). The number of nitrogens with two attached hydrogens (primary N) is 1. The molecule has 0 radical (unpaired) electrons. The first-order chi connectivity index (χ1) is 8.79. The Balaban J connectivity index is 1.90. The molecule has 0 bridgehead atoms. The predicted molar refractivity (Wildman–Crippen MR) is 67.7 cm³/mol. The van der Waals surface area contributed by atoms with E-state index in [1.54, 1.807) is 0 Å². The van der Waals surface area contributed by atoms with E-state index in [1.165, 1.54) is 38.5 Å². The molecule has 0 aromatic carbocycles. The lowest BCUT2D eigenvalue weighted by Gasteiger charge is -2.12. The Kier molecular flexibility index (Phi) is 4.69. The molecule has 1 aliphatic rings. The van der Waals surface area contributed by atoms with E-state index < -0.39 is 0 Å². The van der Waals surface area contributed by atoms with Crippen molar-refractivity contribution in [3.8, 4) is 0 Å². The summed E-state index contributed by atoms with van der Waals surface area (Å²) in [5, 5.41) is 11.0. The Bertz CT molecular complexity index is 382. The third kappa shape index (κ3) is 3.53. The SMILES string of the molecule is NCC(=O)NCc1cn(C2CCCCCC2)nn1. The Hall–Kier alpha value is -1.43. The van der Waals surface area contributed by atoms with E-state index in [9.17, 15) is 4.79 Å². The number of nitrogens with one attached hydrogen (secondary N) is 1. The molecule has 100 valence electrons. The molecule has 0 spiro atoms. The molecule has 0 unspecified atom stereocenters. The average Bonchev–Trinajstić information content (AvgIpc) is 2.69. The molecule has 1 aromatic heterocycles. The first kappa shape index (κ1) is 13.0. The zero-order valence-electron chi connectivity index (χ0n) is 10.6. The highest BCUT2D eigenvalue weighted by molar-refractivity contribution is 5.77. The van der Waals surface area contributed by atoms with Gasteiger partial charge in [-0.2, -0.15) is 0 Å². The molecule has 6 nitrogen and oxygen atoms in total. The first-order valence-electron chi connectivity index (χ1n) is 6.67. The van der Waals surface area contributed by atoms with E-state index in [2.05, 4.69) is 15.6 Å². The quantitative estimate of drug-likeness (QED) is 0.773. The van der Waals surface area contributed by atoms with Crippen LogP contribution in [-0.2, 0) is 11.3 Å². The Morgan fingerprint density at radius 2 is 2.11 bits per heavy atom. The van der Waals surface area contributed by atoms with Crippen molar-refractivity contribution in [3.63, 3.8) is 0 Å². The second-order valence-corrected chi connectivity index (χ2v) is 4.82. The number of carbonyl (C=O) groups is 1. The molecule has 18 heavy (non-hydrogen) atoms. The smallest absolute Gasteiger partial charge is 0.234 e. The fourth-order valence-electron chi connectivity index (χ4n) is 2.36. The van der Waals surface area contributed by atoms with Gasteiger partial charge in [0.2, 0.25) is 5.91 Å². The van der Waals surface area contributed by atoms with Crippen molar-refractivity contribution >= 4 is 5.91 Å². The van der Waals surface area contributed by atoms with Gasteiger partial charge in [0.25, 0.3) is 0 Å². The zero-order valence-corrected chi connectivity index (χ0v) is 10.6. The van der Waals surface area contributed by atoms with E-state index >= 15 is 0 Å². The van der Waals surface area contributed by atoms with E-state index in [1.807, 2.05) is 10.9 Å². The topological polar surface area (TPSA) is 85.8 Å². The van der Waals surface area contributed by atoms with Crippen LogP contribution in [0.3, 0.4) is 0 Å². The van der Waals surface area contributed by atoms with Gasteiger partial charge in [-0.05, 0) is 12.8 Å².